The van der Waals surface area contributed by atoms with Gasteiger partial charge < -0.3 is 4.79 Å². The van der Waals surface area contributed by atoms with E-state index in [4.69, 9.17) is 0 Å². The van der Waals surface area contributed by atoms with E-state index in [9.17, 15) is 4.79 Å². The van der Waals surface area contributed by atoms with Crippen LogP contribution in [0.3, 0.4) is 0 Å². The third kappa shape index (κ3) is 2.92. The number of carbonyl (C=O) groups excluding carboxylic acids is 1. The van der Waals surface area contributed by atoms with Crippen LogP contribution in [0.5, 0.6) is 0 Å². The van der Waals surface area contributed by atoms with Crippen LogP contribution < -0.4 is 0 Å². The van der Waals surface area contributed by atoms with E-state index >= 15 is 0 Å². The summed E-state index contributed by atoms with van der Waals surface area (Å²) >= 11 is 1.87. The van der Waals surface area contributed by atoms with Gasteiger partial charge in [0.2, 0.25) is 0 Å². The highest BCUT2D eigenvalue weighted by Gasteiger charge is 2.01. The van der Waals surface area contributed by atoms with Crippen molar-refractivity contribution in [3.8, 4) is 0 Å². The summed E-state index contributed by atoms with van der Waals surface area (Å²) in [7, 11) is 0. The first-order valence-electron chi connectivity index (χ1n) is 5.72. The second kappa shape index (κ2) is 5.26. The van der Waals surface area contributed by atoms with Gasteiger partial charge in [-0.25, -0.2) is 0 Å². The lowest BCUT2D eigenvalue weighted by molar-refractivity contribution is -0.117. The summed E-state index contributed by atoms with van der Waals surface area (Å²) in [4.78, 5) is 12.2. The molecule has 0 unspecified atom stereocenters. The summed E-state index contributed by atoms with van der Waals surface area (Å²) < 4.78 is 1.36. The van der Waals surface area contributed by atoms with E-state index in [2.05, 4.69) is 30.3 Å². The summed E-state index contributed by atoms with van der Waals surface area (Å²) in [5.74, 6) is 0.302. The lowest BCUT2D eigenvalue weighted by Crippen LogP contribution is -1.90. The number of aryl methyl sites for hydroxylation is 1. The number of fused-ring (bicyclic) bond motifs is 1. The monoisotopic (exact) mass is 232 g/mol. The number of thiophene rings is 1. The molecule has 1 heterocycles. The van der Waals surface area contributed by atoms with E-state index in [0.29, 0.717) is 5.78 Å². The molecule has 1 aromatic heterocycles. The van der Waals surface area contributed by atoms with Crippen LogP contribution in [0.1, 0.15) is 31.1 Å². The van der Waals surface area contributed by atoms with Gasteiger partial charge in [0, 0.05) is 16.0 Å². The fourth-order valence-electron chi connectivity index (χ4n) is 1.83. The predicted octanol–water partition coefficient (Wildman–Crippen LogP) is 4.20. The minimum absolute atomic E-state index is 0.302. The molecule has 0 aliphatic rings. The van der Waals surface area contributed by atoms with Crippen molar-refractivity contribution in [2.45, 2.75) is 32.6 Å². The van der Waals surface area contributed by atoms with Crippen molar-refractivity contribution in [3.05, 3.63) is 35.2 Å². The maximum atomic E-state index is 10.8. The van der Waals surface area contributed by atoms with Crippen molar-refractivity contribution in [1.29, 1.82) is 0 Å². The molecule has 2 rings (SSSR count). The van der Waals surface area contributed by atoms with Gasteiger partial charge in [0.15, 0.2) is 0 Å². The first kappa shape index (κ1) is 11.3. The number of rotatable bonds is 5. The standard InChI is InChI=1S/C14H16OS/c1-11(15)6-2-4-8-13-10-12-7-3-5-9-14(12)16-13/h3,5,7,9-10H,2,4,6,8H2,1H3. The molecule has 1 nitrogen and oxygen atoms in total. The second-order valence-corrected chi connectivity index (χ2v) is 5.33. The minimum Gasteiger partial charge on any atom is -0.300 e. The fraction of sp³-hybridized carbons (Fsp3) is 0.357. The van der Waals surface area contributed by atoms with Gasteiger partial charge in [-0.2, -0.15) is 0 Å². The highest BCUT2D eigenvalue weighted by atomic mass is 32.1. The SMILES string of the molecule is CC(=O)CCCCc1cc2ccccc2s1. The summed E-state index contributed by atoms with van der Waals surface area (Å²) in [6.45, 7) is 1.67. The zero-order valence-electron chi connectivity index (χ0n) is 9.53. The highest BCUT2D eigenvalue weighted by molar-refractivity contribution is 7.19. The molecular weight excluding hydrogens is 216 g/mol. The van der Waals surface area contributed by atoms with Gasteiger partial charge in [0.1, 0.15) is 5.78 Å². The average molecular weight is 232 g/mol. The molecule has 0 N–H and O–H groups in total. The Morgan fingerprint density at radius 1 is 1.25 bits per heavy atom. The van der Waals surface area contributed by atoms with E-state index in [1.807, 2.05) is 11.3 Å². The maximum absolute atomic E-state index is 10.8. The lowest BCUT2D eigenvalue weighted by atomic mass is 10.1. The highest BCUT2D eigenvalue weighted by Crippen LogP contribution is 2.26. The Balaban J connectivity index is 1.92. The molecule has 0 saturated carbocycles. The lowest BCUT2D eigenvalue weighted by Gasteiger charge is -1.95. The Morgan fingerprint density at radius 3 is 2.81 bits per heavy atom. The van der Waals surface area contributed by atoms with Crippen LogP contribution in [0.15, 0.2) is 30.3 Å². The van der Waals surface area contributed by atoms with E-state index in [-0.39, 0.29) is 0 Å². The van der Waals surface area contributed by atoms with E-state index in [0.717, 1.165) is 25.7 Å². The quantitative estimate of drug-likeness (QED) is 0.706. The van der Waals surface area contributed by atoms with E-state index in [1.54, 1.807) is 6.92 Å². The van der Waals surface area contributed by atoms with Crippen molar-refractivity contribution >= 4 is 27.2 Å². The zero-order chi connectivity index (χ0) is 11.4. The molecule has 0 amide bonds. The van der Waals surface area contributed by atoms with Gasteiger partial charge >= 0.3 is 0 Å². The van der Waals surface area contributed by atoms with Crippen molar-refractivity contribution in [3.63, 3.8) is 0 Å². The van der Waals surface area contributed by atoms with Crippen LogP contribution in [0.4, 0.5) is 0 Å². The minimum atomic E-state index is 0.302. The average Bonchev–Trinajstić information content (AvgIpc) is 2.66. The summed E-state index contributed by atoms with van der Waals surface area (Å²) in [6.07, 6.45) is 3.97. The molecule has 84 valence electrons. The first-order chi connectivity index (χ1) is 7.75. The normalized spacial score (nSPS) is 10.8. The number of hydrogen-bond donors (Lipinski definition) is 0. The number of unbranched alkanes of at least 4 members (excludes halogenated alkanes) is 1. The second-order valence-electron chi connectivity index (χ2n) is 4.16. The molecule has 0 saturated heterocycles. The van der Waals surface area contributed by atoms with Crippen molar-refractivity contribution in [2.24, 2.45) is 0 Å². The van der Waals surface area contributed by atoms with E-state index < -0.39 is 0 Å². The largest absolute Gasteiger partial charge is 0.300 e. The van der Waals surface area contributed by atoms with Crippen LogP contribution in [-0.2, 0) is 11.2 Å². The molecule has 0 atom stereocenters. The molecule has 0 bridgehead atoms. The molecule has 0 fully saturated rings. The zero-order valence-corrected chi connectivity index (χ0v) is 10.3. The van der Waals surface area contributed by atoms with Gasteiger partial charge in [-0.15, -0.1) is 11.3 Å². The van der Waals surface area contributed by atoms with Crippen molar-refractivity contribution < 1.29 is 4.79 Å². The molecule has 0 aliphatic heterocycles. The topological polar surface area (TPSA) is 17.1 Å². The van der Waals surface area contributed by atoms with Gasteiger partial charge in [-0.3, -0.25) is 0 Å². The third-order valence-electron chi connectivity index (χ3n) is 2.68. The van der Waals surface area contributed by atoms with Crippen LogP contribution in [0.2, 0.25) is 0 Å². The van der Waals surface area contributed by atoms with Crippen LogP contribution in [-0.4, -0.2) is 5.78 Å². The Kier molecular flexibility index (Phi) is 3.73. The van der Waals surface area contributed by atoms with Crippen LogP contribution in [0.25, 0.3) is 10.1 Å². The predicted molar refractivity (Wildman–Crippen MR) is 70.1 cm³/mol. The number of ketones is 1. The van der Waals surface area contributed by atoms with Gasteiger partial charge in [-0.05, 0) is 43.7 Å². The molecule has 0 spiro atoms. The van der Waals surface area contributed by atoms with Gasteiger partial charge in [0.25, 0.3) is 0 Å². The molecule has 1 aromatic carbocycles. The number of hydrogen-bond acceptors (Lipinski definition) is 2. The third-order valence-corrected chi connectivity index (χ3v) is 3.85. The summed E-state index contributed by atoms with van der Waals surface area (Å²) in [5.41, 5.74) is 0. The van der Waals surface area contributed by atoms with E-state index in [1.165, 1.54) is 15.0 Å². The van der Waals surface area contributed by atoms with Crippen LogP contribution >= 0.6 is 11.3 Å². The Morgan fingerprint density at radius 2 is 2.06 bits per heavy atom. The Hall–Kier alpha value is -1.15. The molecule has 0 radical (unpaired) electrons. The molecular formula is C14H16OS. The Bertz CT molecular complexity index is 451. The van der Waals surface area contributed by atoms with Gasteiger partial charge in [0.05, 0.1) is 0 Å². The number of Topliss-reactive ketones (excluding diaryl/α,β-unsaturated/α-hetero) is 1. The summed E-state index contributed by atoms with van der Waals surface area (Å²) in [6, 6.07) is 10.8. The fourth-order valence-corrected chi connectivity index (χ4v) is 2.94. The molecule has 2 heteroatoms. The molecule has 16 heavy (non-hydrogen) atoms. The van der Waals surface area contributed by atoms with Crippen molar-refractivity contribution in [2.75, 3.05) is 0 Å². The number of benzene rings is 1. The summed E-state index contributed by atoms with van der Waals surface area (Å²) in [5, 5.41) is 1.34. The molecule has 2 aromatic rings. The van der Waals surface area contributed by atoms with Crippen molar-refractivity contribution in [1.82, 2.24) is 0 Å². The Labute approximate surface area is 100 Å². The maximum Gasteiger partial charge on any atom is 0.129 e. The van der Waals surface area contributed by atoms with Crippen LogP contribution in [0, 0.1) is 0 Å². The molecule has 0 aliphatic carbocycles. The van der Waals surface area contributed by atoms with Gasteiger partial charge in [-0.1, -0.05) is 18.2 Å². The smallest absolute Gasteiger partial charge is 0.129 e. The number of carbonyl (C=O) groups is 1. The first-order valence-corrected chi connectivity index (χ1v) is 6.54.